The molecule has 1 aliphatic carbocycles. The molecular formula is C14H15NO3S2. The highest BCUT2D eigenvalue weighted by atomic mass is 32.2. The highest BCUT2D eigenvalue weighted by molar-refractivity contribution is 7.91. The number of thiophene rings is 1. The van der Waals surface area contributed by atoms with Gasteiger partial charge in [-0.3, -0.25) is 0 Å². The second-order valence-corrected chi connectivity index (χ2v) is 7.98. The predicted octanol–water partition coefficient (Wildman–Crippen LogP) is 1.69. The van der Waals surface area contributed by atoms with Crippen LogP contribution in [0.3, 0.4) is 0 Å². The van der Waals surface area contributed by atoms with Crippen LogP contribution in [0, 0.1) is 0 Å². The molecule has 4 nitrogen and oxygen atoms in total. The zero-order chi connectivity index (χ0) is 14.2. The third kappa shape index (κ3) is 2.64. The molecule has 20 heavy (non-hydrogen) atoms. The van der Waals surface area contributed by atoms with Crippen LogP contribution in [0.4, 0.5) is 0 Å². The molecule has 1 heterocycles. The van der Waals surface area contributed by atoms with Gasteiger partial charge in [-0.05, 0) is 36.1 Å². The van der Waals surface area contributed by atoms with E-state index in [0.717, 1.165) is 24.2 Å². The highest BCUT2D eigenvalue weighted by Gasteiger charge is 2.27. The van der Waals surface area contributed by atoms with Crippen molar-refractivity contribution >= 4 is 21.4 Å². The third-order valence-corrected chi connectivity index (χ3v) is 6.51. The van der Waals surface area contributed by atoms with Crippen LogP contribution < -0.4 is 4.72 Å². The first-order valence-electron chi connectivity index (χ1n) is 6.37. The quantitative estimate of drug-likeness (QED) is 0.903. The molecule has 0 amide bonds. The fraction of sp³-hybridized carbons (Fsp3) is 0.286. The van der Waals surface area contributed by atoms with E-state index in [-0.39, 0.29) is 16.9 Å². The SMILES string of the molecule is O=S(=O)(NC1Cc2ccccc2C1)c1ccc(CO)s1. The Morgan fingerprint density at radius 3 is 2.35 bits per heavy atom. The number of hydrogen-bond donors (Lipinski definition) is 2. The molecule has 0 radical (unpaired) electrons. The van der Waals surface area contributed by atoms with Crippen LogP contribution in [-0.4, -0.2) is 19.6 Å². The molecule has 6 heteroatoms. The summed E-state index contributed by atoms with van der Waals surface area (Å²) in [7, 11) is -3.49. The lowest BCUT2D eigenvalue weighted by molar-refractivity contribution is 0.285. The van der Waals surface area contributed by atoms with Crippen molar-refractivity contribution < 1.29 is 13.5 Å². The molecule has 0 spiro atoms. The van der Waals surface area contributed by atoms with Gasteiger partial charge in [0.25, 0.3) is 0 Å². The smallest absolute Gasteiger partial charge is 0.250 e. The minimum Gasteiger partial charge on any atom is -0.391 e. The maximum Gasteiger partial charge on any atom is 0.250 e. The molecule has 0 unspecified atom stereocenters. The fourth-order valence-corrected chi connectivity index (χ4v) is 4.98. The Hall–Kier alpha value is -1.21. The molecule has 0 saturated heterocycles. The zero-order valence-electron chi connectivity index (χ0n) is 10.7. The maximum atomic E-state index is 12.3. The van der Waals surface area contributed by atoms with Gasteiger partial charge in [-0.15, -0.1) is 11.3 Å². The molecule has 2 aromatic rings. The Morgan fingerprint density at radius 1 is 1.15 bits per heavy atom. The first-order valence-corrected chi connectivity index (χ1v) is 8.67. The van der Waals surface area contributed by atoms with Crippen molar-refractivity contribution in [3.05, 3.63) is 52.4 Å². The van der Waals surface area contributed by atoms with Gasteiger partial charge in [-0.25, -0.2) is 13.1 Å². The maximum absolute atomic E-state index is 12.3. The highest BCUT2D eigenvalue weighted by Crippen LogP contribution is 2.25. The van der Waals surface area contributed by atoms with Crippen LogP contribution in [0.2, 0.25) is 0 Å². The lowest BCUT2D eigenvalue weighted by Gasteiger charge is -2.11. The van der Waals surface area contributed by atoms with E-state index in [1.54, 1.807) is 12.1 Å². The first-order chi connectivity index (χ1) is 9.58. The molecular weight excluding hydrogens is 294 g/mol. The van der Waals surface area contributed by atoms with E-state index in [4.69, 9.17) is 5.11 Å². The second-order valence-electron chi connectivity index (χ2n) is 4.87. The predicted molar refractivity (Wildman–Crippen MR) is 78.2 cm³/mol. The van der Waals surface area contributed by atoms with E-state index in [0.29, 0.717) is 4.88 Å². The minimum atomic E-state index is -3.49. The molecule has 0 fully saturated rings. The van der Waals surface area contributed by atoms with E-state index >= 15 is 0 Å². The number of sulfonamides is 1. The summed E-state index contributed by atoms with van der Waals surface area (Å²) in [6.45, 7) is -0.130. The number of rotatable bonds is 4. The van der Waals surface area contributed by atoms with E-state index in [2.05, 4.69) is 4.72 Å². The van der Waals surface area contributed by atoms with Gasteiger partial charge in [0.1, 0.15) is 4.21 Å². The number of aliphatic hydroxyl groups excluding tert-OH is 1. The van der Waals surface area contributed by atoms with E-state index in [1.807, 2.05) is 24.3 Å². The number of benzene rings is 1. The molecule has 2 N–H and O–H groups in total. The van der Waals surface area contributed by atoms with Crippen LogP contribution >= 0.6 is 11.3 Å². The van der Waals surface area contributed by atoms with Crippen LogP contribution in [0.25, 0.3) is 0 Å². The fourth-order valence-electron chi connectivity index (χ4n) is 2.51. The summed E-state index contributed by atoms with van der Waals surface area (Å²) < 4.78 is 27.6. The van der Waals surface area contributed by atoms with Crippen molar-refractivity contribution in [1.82, 2.24) is 4.72 Å². The Labute approximate surface area is 122 Å². The van der Waals surface area contributed by atoms with Crippen LogP contribution in [0.1, 0.15) is 16.0 Å². The molecule has 3 rings (SSSR count). The number of aliphatic hydroxyl groups is 1. The van der Waals surface area contributed by atoms with Gasteiger partial charge < -0.3 is 5.11 Å². The van der Waals surface area contributed by atoms with Crippen molar-refractivity contribution in [2.75, 3.05) is 0 Å². The Morgan fingerprint density at radius 2 is 1.80 bits per heavy atom. The van der Waals surface area contributed by atoms with Gasteiger partial charge in [0, 0.05) is 10.9 Å². The Bertz CT molecular complexity index is 697. The second kappa shape index (κ2) is 5.29. The summed E-state index contributed by atoms with van der Waals surface area (Å²) in [6, 6.07) is 11.1. The van der Waals surface area contributed by atoms with Gasteiger partial charge in [0.05, 0.1) is 6.61 Å². The average molecular weight is 309 g/mol. The van der Waals surface area contributed by atoms with E-state index in [9.17, 15) is 8.42 Å². The molecule has 0 saturated carbocycles. The van der Waals surface area contributed by atoms with Gasteiger partial charge in [-0.2, -0.15) is 0 Å². The van der Waals surface area contributed by atoms with Crippen molar-refractivity contribution in [1.29, 1.82) is 0 Å². The summed E-state index contributed by atoms with van der Waals surface area (Å²) in [4.78, 5) is 0.653. The zero-order valence-corrected chi connectivity index (χ0v) is 12.4. The monoisotopic (exact) mass is 309 g/mol. The summed E-state index contributed by atoms with van der Waals surface area (Å²) in [6.07, 6.45) is 1.46. The van der Waals surface area contributed by atoms with Gasteiger partial charge in [0.15, 0.2) is 0 Å². The van der Waals surface area contributed by atoms with Crippen molar-refractivity contribution in [2.24, 2.45) is 0 Å². The van der Waals surface area contributed by atoms with Gasteiger partial charge in [-0.1, -0.05) is 24.3 Å². The number of hydrogen-bond acceptors (Lipinski definition) is 4. The van der Waals surface area contributed by atoms with Crippen molar-refractivity contribution in [3.8, 4) is 0 Å². The van der Waals surface area contributed by atoms with Gasteiger partial charge in [0.2, 0.25) is 10.0 Å². The minimum absolute atomic E-state index is 0.0860. The normalized spacial score (nSPS) is 15.4. The van der Waals surface area contributed by atoms with E-state index < -0.39 is 10.0 Å². The van der Waals surface area contributed by atoms with Crippen molar-refractivity contribution in [2.45, 2.75) is 29.7 Å². The first kappa shape index (κ1) is 13.8. The van der Waals surface area contributed by atoms with E-state index in [1.165, 1.54) is 11.1 Å². The molecule has 106 valence electrons. The summed E-state index contributed by atoms with van der Waals surface area (Å²) in [5.74, 6) is 0. The molecule has 1 aromatic carbocycles. The number of fused-ring (bicyclic) bond motifs is 1. The van der Waals surface area contributed by atoms with Crippen molar-refractivity contribution in [3.63, 3.8) is 0 Å². The molecule has 0 atom stereocenters. The molecule has 1 aromatic heterocycles. The molecule has 0 bridgehead atoms. The lowest BCUT2D eigenvalue weighted by atomic mass is 10.1. The van der Waals surface area contributed by atoms with Crippen LogP contribution in [-0.2, 0) is 29.5 Å². The topological polar surface area (TPSA) is 66.4 Å². The summed E-state index contributed by atoms with van der Waals surface area (Å²) in [5, 5.41) is 9.01. The van der Waals surface area contributed by atoms with Gasteiger partial charge >= 0.3 is 0 Å². The Kier molecular flexibility index (Phi) is 3.64. The molecule has 0 aliphatic heterocycles. The average Bonchev–Trinajstić information content (AvgIpc) is 3.04. The van der Waals surface area contributed by atoms with Crippen LogP contribution in [0.15, 0.2) is 40.6 Å². The third-order valence-electron chi connectivity index (χ3n) is 3.43. The summed E-state index contributed by atoms with van der Waals surface area (Å²) in [5.41, 5.74) is 2.42. The molecule has 1 aliphatic rings. The largest absolute Gasteiger partial charge is 0.391 e. The van der Waals surface area contributed by atoms with Crippen LogP contribution in [0.5, 0.6) is 0 Å². The lowest BCUT2D eigenvalue weighted by Crippen LogP contribution is -2.34. The number of nitrogens with one attached hydrogen (secondary N) is 1. The summed E-state index contributed by atoms with van der Waals surface area (Å²) >= 11 is 1.11. The Balaban J connectivity index is 1.75. The standard InChI is InChI=1S/C14H15NO3S2/c16-9-13-5-6-14(19-13)20(17,18)15-12-7-10-3-1-2-4-11(10)8-12/h1-6,12,15-16H,7-9H2.